The van der Waals surface area contributed by atoms with Gasteiger partial charge in [-0.2, -0.15) is 0 Å². The summed E-state index contributed by atoms with van der Waals surface area (Å²) in [6.07, 6.45) is 1.45. The van der Waals surface area contributed by atoms with Gasteiger partial charge in [0.2, 0.25) is 21.8 Å². The smallest absolute Gasteiger partial charge is 0.244 e. The molecule has 1 atom stereocenters. The van der Waals surface area contributed by atoms with Gasteiger partial charge < -0.3 is 10.2 Å². The normalized spacial score (nSPS) is 12.4. The fourth-order valence-corrected chi connectivity index (χ4v) is 5.14. The lowest BCUT2D eigenvalue weighted by atomic mass is 10.1. The molecule has 0 saturated carbocycles. The van der Waals surface area contributed by atoms with E-state index in [1.54, 1.807) is 36.4 Å². The van der Waals surface area contributed by atoms with E-state index in [1.165, 1.54) is 4.90 Å². The average Bonchev–Trinajstić information content (AvgIpc) is 2.86. The molecular weight excluding hydrogens is 510 g/mol. The number of nitrogens with zero attached hydrogens (tertiary/aromatic N) is 2. The number of nitrogens with one attached hydrogen (secondary N) is 1. The minimum Gasteiger partial charge on any atom is -0.354 e. The van der Waals surface area contributed by atoms with Gasteiger partial charge >= 0.3 is 0 Å². The summed E-state index contributed by atoms with van der Waals surface area (Å²) in [4.78, 5) is 28.4. The van der Waals surface area contributed by atoms with Gasteiger partial charge in [-0.3, -0.25) is 13.9 Å². The third-order valence-electron chi connectivity index (χ3n) is 6.05. The highest BCUT2D eigenvalue weighted by atomic mass is 35.5. The Morgan fingerprint density at radius 2 is 1.62 bits per heavy atom. The number of carbonyl (C=O) groups is 2. The van der Waals surface area contributed by atoms with Gasteiger partial charge in [-0.15, -0.1) is 0 Å². The second kappa shape index (κ2) is 12.4. The zero-order chi connectivity index (χ0) is 27.2. The Morgan fingerprint density at radius 3 is 2.24 bits per heavy atom. The quantitative estimate of drug-likeness (QED) is 0.375. The monoisotopic (exact) mass is 543 g/mol. The fraction of sp³-hybridized carbons (Fsp3) is 0.357. The molecule has 0 unspecified atom stereocenters. The van der Waals surface area contributed by atoms with Crippen LogP contribution in [0.5, 0.6) is 0 Å². The highest BCUT2D eigenvalue weighted by molar-refractivity contribution is 7.92. The van der Waals surface area contributed by atoms with Crippen LogP contribution in [-0.2, 0) is 26.2 Å². The van der Waals surface area contributed by atoms with Crippen molar-refractivity contribution in [2.24, 2.45) is 5.92 Å². The number of anilines is 1. The maximum Gasteiger partial charge on any atom is 0.244 e. The van der Waals surface area contributed by atoms with Crippen LogP contribution in [0.25, 0.3) is 10.8 Å². The average molecular weight is 544 g/mol. The standard InChI is InChI=1S/C28H34ClN3O4S/c1-5-25(28(34)30-17-20(2)3)31(18-21-13-15-23(29)16-14-21)27(33)19-32(37(4,35)36)26-12-8-10-22-9-6-7-11-24(22)26/h6-16,20,25H,5,17-19H2,1-4H3,(H,30,34)/t25-/m0/s1. The molecule has 0 radical (unpaired) electrons. The van der Waals surface area contributed by atoms with Crippen LogP contribution in [0.15, 0.2) is 66.7 Å². The van der Waals surface area contributed by atoms with E-state index in [1.807, 2.05) is 51.1 Å². The minimum atomic E-state index is -3.82. The largest absolute Gasteiger partial charge is 0.354 e. The van der Waals surface area contributed by atoms with Crippen molar-refractivity contribution in [1.29, 1.82) is 0 Å². The Hall–Kier alpha value is -3.10. The van der Waals surface area contributed by atoms with Crippen LogP contribution in [0.3, 0.4) is 0 Å². The number of amides is 2. The van der Waals surface area contributed by atoms with E-state index in [9.17, 15) is 18.0 Å². The summed E-state index contributed by atoms with van der Waals surface area (Å²) in [5, 5.41) is 5.05. The lowest BCUT2D eigenvalue weighted by Gasteiger charge is -2.33. The van der Waals surface area contributed by atoms with Gasteiger partial charge in [-0.1, -0.05) is 80.9 Å². The summed E-state index contributed by atoms with van der Waals surface area (Å²) in [5.41, 5.74) is 1.20. The topological polar surface area (TPSA) is 86.8 Å². The molecule has 37 heavy (non-hydrogen) atoms. The molecule has 0 heterocycles. The van der Waals surface area contributed by atoms with Gasteiger partial charge in [0.25, 0.3) is 0 Å². The van der Waals surface area contributed by atoms with Crippen molar-refractivity contribution in [3.63, 3.8) is 0 Å². The van der Waals surface area contributed by atoms with Crippen molar-refractivity contribution in [2.45, 2.75) is 39.8 Å². The molecule has 9 heteroatoms. The molecule has 0 fully saturated rings. The Morgan fingerprint density at radius 1 is 0.973 bits per heavy atom. The highest BCUT2D eigenvalue weighted by Gasteiger charge is 2.32. The minimum absolute atomic E-state index is 0.136. The van der Waals surface area contributed by atoms with Gasteiger partial charge in [0.15, 0.2) is 0 Å². The number of hydrogen-bond donors (Lipinski definition) is 1. The number of fused-ring (bicyclic) bond motifs is 1. The summed E-state index contributed by atoms with van der Waals surface area (Å²) in [7, 11) is -3.82. The number of carbonyl (C=O) groups excluding carboxylic acids is 2. The summed E-state index contributed by atoms with van der Waals surface area (Å²) < 4.78 is 27.0. The predicted molar refractivity (Wildman–Crippen MR) is 150 cm³/mol. The predicted octanol–water partition coefficient (Wildman–Crippen LogP) is 4.84. The van der Waals surface area contributed by atoms with E-state index in [2.05, 4.69) is 5.32 Å². The number of benzene rings is 3. The second-order valence-electron chi connectivity index (χ2n) is 9.48. The van der Waals surface area contributed by atoms with E-state index in [0.717, 1.165) is 21.5 Å². The summed E-state index contributed by atoms with van der Waals surface area (Å²) >= 11 is 6.04. The molecule has 0 saturated heterocycles. The summed E-state index contributed by atoms with van der Waals surface area (Å²) in [5.74, 6) is -0.497. The molecule has 7 nitrogen and oxygen atoms in total. The molecule has 3 aromatic rings. The Bertz CT molecular complexity index is 1340. The van der Waals surface area contributed by atoms with Crippen LogP contribution in [0.4, 0.5) is 5.69 Å². The molecule has 3 rings (SSSR count). The van der Waals surface area contributed by atoms with Crippen LogP contribution in [-0.4, -0.2) is 50.5 Å². The van der Waals surface area contributed by atoms with Gasteiger partial charge in [0.05, 0.1) is 11.9 Å². The van der Waals surface area contributed by atoms with Crippen molar-refractivity contribution in [2.75, 3.05) is 23.7 Å². The van der Waals surface area contributed by atoms with Gasteiger partial charge in [0.1, 0.15) is 12.6 Å². The van der Waals surface area contributed by atoms with E-state index < -0.39 is 28.5 Å². The molecule has 0 aliphatic rings. The molecule has 0 aromatic heterocycles. The van der Waals surface area contributed by atoms with Crippen LogP contribution < -0.4 is 9.62 Å². The van der Waals surface area contributed by atoms with Gasteiger partial charge in [-0.25, -0.2) is 8.42 Å². The molecule has 0 aliphatic carbocycles. The van der Waals surface area contributed by atoms with Crippen molar-refractivity contribution >= 4 is 49.9 Å². The Balaban J connectivity index is 2.00. The summed E-state index contributed by atoms with van der Waals surface area (Å²) in [6, 6.07) is 19.0. The van der Waals surface area contributed by atoms with E-state index in [0.29, 0.717) is 29.1 Å². The van der Waals surface area contributed by atoms with Crippen LogP contribution in [0.1, 0.15) is 32.8 Å². The Kier molecular flexibility index (Phi) is 9.56. The van der Waals surface area contributed by atoms with Crippen LogP contribution in [0.2, 0.25) is 5.02 Å². The molecular formula is C28H34ClN3O4S. The fourth-order valence-electron chi connectivity index (χ4n) is 4.15. The van der Waals surface area contributed by atoms with Gasteiger partial charge in [-0.05, 0) is 41.5 Å². The van der Waals surface area contributed by atoms with E-state index in [-0.39, 0.29) is 18.4 Å². The molecule has 0 spiro atoms. The van der Waals surface area contributed by atoms with Crippen molar-refractivity contribution < 1.29 is 18.0 Å². The van der Waals surface area contributed by atoms with Crippen LogP contribution >= 0.6 is 11.6 Å². The number of hydrogen-bond acceptors (Lipinski definition) is 4. The van der Waals surface area contributed by atoms with Crippen molar-refractivity contribution in [1.82, 2.24) is 10.2 Å². The summed E-state index contributed by atoms with van der Waals surface area (Å²) in [6.45, 7) is 5.99. The SMILES string of the molecule is CC[C@@H](C(=O)NCC(C)C)N(Cc1ccc(Cl)cc1)C(=O)CN(c1cccc2ccccc12)S(C)(=O)=O. The maximum absolute atomic E-state index is 13.8. The molecule has 2 amide bonds. The molecule has 0 aliphatic heterocycles. The lowest BCUT2D eigenvalue weighted by Crippen LogP contribution is -2.52. The van der Waals surface area contributed by atoms with Crippen LogP contribution in [0, 0.1) is 5.92 Å². The highest BCUT2D eigenvalue weighted by Crippen LogP contribution is 2.29. The lowest BCUT2D eigenvalue weighted by molar-refractivity contribution is -0.140. The number of sulfonamides is 1. The maximum atomic E-state index is 13.8. The molecule has 0 bridgehead atoms. The second-order valence-corrected chi connectivity index (χ2v) is 11.8. The van der Waals surface area contributed by atoms with Gasteiger partial charge in [0, 0.05) is 23.5 Å². The first kappa shape index (κ1) is 28.5. The molecule has 3 aromatic carbocycles. The van der Waals surface area contributed by atoms with E-state index in [4.69, 9.17) is 11.6 Å². The number of rotatable bonds is 11. The third-order valence-corrected chi connectivity index (χ3v) is 7.43. The Labute approximate surface area is 224 Å². The molecule has 1 N–H and O–H groups in total. The number of halogens is 1. The molecule has 198 valence electrons. The van der Waals surface area contributed by atoms with E-state index >= 15 is 0 Å². The first-order valence-electron chi connectivity index (χ1n) is 12.3. The van der Waals surface area contributed by atoms with Crippen molar-refractivity contribution in [3.8, 4) is 0 Å². The first-order chi connectivity index (χ1) is 17.5. The zero-order valence-corrected chi connectivity index (χ0v) is 23.2. The first-order valence-corrected chi connectivity index (χ1v) is 14.5. The van der Waals surface area contributed by atoms with Crippen molar-refractivity contribution in [3.05, 3.63) is 77.3 Å². The third kappa shape index (κ3) is 7.46. The zero-order valence-electron chi connectivity index (χ0n) is 21.6.